The Hall–Kier alpha value is -4.14. The van der Waals surface area contributed by atoms with Crippen molar-refractivity contribution < 1.29 is 18.0 Å². The van der Waals surface area contributed by atoms with E-state index in [2.05, 4.69) is 5.32 Å². The summed E-state index contributed by atoms with van der Waals surface area (Å²) in [5.74, 6) is -0.879. The predicted molar refractivity (Wildman–Crippen MR) is 167 cm³/mol. The van der Waals surface area contributed by atoms with Crippen LogP contribution in [0.1, 0.15) is 22.3 Å². The summed E-state index contributed by atoms with van der Waals surface area (Å²) in [6.07, 6.45) is 0.250. The number of carbonyl (C=O) groups excluding carboxylic acids is 2. The SMILES string of the molecule is CNC(=O)C(Cc1ccccc1)N(Cc1ccccc1C)C(=O)CN(c1ccc(C)c(Cl)c1)S(=O)(=O)c1ccccc1. The van der Waals surface area contributed by atoms with E-state index in [0.717, 1.165) is 26.6 Å². The van der Waals surface area contributed by atoms with Crippen molar-refractivity contribution in [3.8, 4) is 0 Å². The highest BCUT2D eigenvalue weighted by Crippen LogP contribution is 2.29. The normalized spacial score (nSPS) is 11.9. The Morgan fingerprint density at radius 2 is 1.45 bits per heavy atom. The highest BCUT2D eigenvalue weighted by atomic mass is 35.5. The summed E-state index contributed by atoms with van der Waals surface area (Å²) in [4.78, 5) is 29.2. The molecule has 1 unspecified atom stereocenters. The molecule has 218 valence electrons. The molecule has 0 aromatic heterocycles. The molecule has 7 nitrogen and oxygen atoms in total. The van der Waals surface area contributed by atoms with Crippen LogP contribution < -0.4 is 9.62 Å². The van der Waals surface area contributed by atoms with Gasteiger partial charge in [-0.1, -0.05) is 90.5 Å². The average molecular weight is 604 g/mol. The van der Waals surface area contributed by atoms with Gasteiger partial charge in [0.25, 0.3) is 10.0 Å². The van der Waals surface area contributed by atoms with Gasteiger partial charge in [-0.3, -0.25) is 13.9 Å². The molecule has 2 amide bonds. The molecule has 42 heavy (non-hydrogen) atoms. The Balaban J connectivity index is 1.81. The molecule has 4 rings (SSSR count). The number of likely N-dealkylation sites (N-methyl/N-ethyl adjacent to an activating group) is 1. The minimum Gasteiger partial charge on any atom is -0.357 e. The van der Waals surface area contributed by atoms with Crippen LogP contribution in [0, 0.1) is 13.8 Å². The number of nitrogens with one attached hydrogen (secondary N) is 1. The van der Waals surface area contributed by atoms with E-state index < -0.39 is 28.5 Å². The van der Waals surface area contributed by atoms with Crippen molar-refractivity contribution in [2.24, 2.45) is 0 Å². The van der Waals surface area contributed by atoms with Crippen molar-refractivity contribution in [1.29, 1.82) is 0 Å². The molecule has 0 radical (unpaired) electrons. The number of anilines is 1. The molecule has 0 bridgehead atoms. The number of rotatable bonds is 11. The fraction of sp³-hybridized carbons (Fsp3) is 0.212. The minimum atomic E-state index is -4.18. The zero-order valence-electron chi connectivity index (χ0n) is 23.8. The third kappa shape index (κ3) is 7.19. The van der Waals surface area contributed by atoms with Crippen molar-refractivity contribution >= 4 is 39.1 Å². The van der Waals surface area contributed by atoms with Gasteiger partial charge in [-0.25, -0.2) is 8.42 Å². The maximum Gasteiger partial charge on any atom is 0.264 e. The first-order chi connectivity index (χ1) is 20.1. The third-order valence-electron chi connectivity index (χ3n) is 7.17. The Labute approximate surface area is 252 Å². The Morgan fingerprint density at radius 3 is 2.07 bits per heavy atom. The second kappa shape index (κ2) is 13.7. The van der Waals surface area contributed by atoms with Crippen LogP contribution in [0.4, 0.5) is 5.69 Å². The van der Waals surface area contributed by atoms with Crippen LogP contribution in [-0.2, 0) is 32.6 Å². The molecule has 1 N–H and O–H groups in total. The summed E-state index contributed by atoms with van der Waals surface area (Å²) < 4.78 is 29.0. The predicted octanol–water partition coefficient (Wildman–Crippen LogP) is 5.54. The highest BCUT2D eigenvalue weighted by molar-refractivity contribution is 7.92. The van der Waals surface area contributed by atoms with Crippen LogP contribution in [0.2, 0.25) is 5.02 Å². The molecule has 0 fully saturated rings. The fourth-order valence-electron chi connectivity index (χ4n) is 4.68. The van der Waals surface area contributed by atoms with Crippen LogP contribution in [0.25, 0.3) is 0 Å². The molecule has 0 aliphatic heterocycles. The average Bonchev–Trinajstić information content (AvgIpc) is 3.00. The number of nitrogens with zero attached hydrogens (tertiary/aromatic N) is 2. The molecule has 0 heterocycles. The largest absolute Gasteiger partial charge is 0.357 e. The molecular weight excluding hydrogens is 570 g/mol. The van der Waals surface area contributed by atoms with E-state index in [1.165, 1.54) is 30.1 Å². The van der Waals surface area contributed by atoms with E-state index in [4.69, 9.17) is 11.6 Å². The summed E-state index contributed by atoms with van der Waals surface area (Å²) in [5, 5.41) is 3.07. The number of benzene rings is 4. The molecule has 0 saturated carbocycles. The summed E-state index contributed by atoms with van der Waals surface area (Å²) in [7, 11) is -2.65. The van der Waals surface area contributed by atoms with Crippen LogP contribution in [0.15, 0.2) is 108 Å². The number of halogens is 1. The number of aryl methyl sites for hydroxylation is 2. The van der Waals surface area contributed by atoms with Crippen LogP contribution in [0.3, 0.4) is 0 Å². The van der Waals surface area contributed by atoms with Crippen molar-refractivity contribution in [2.75, 3.05) is 17.9 Å². The van der Waals surface area contributed by atoms with Crippen molar-refractivity contribution in [2.45, 2.75) is 37.8 Å². The first-order valence-electron chi connectivity index (χ1n) is 13.5. The summed E-state index contributed by atoms with van der Waals surface area (Å²) in [5.41, 5.74) is 3.69. The minimum absolute atomic E-state index is 0.0343. The number of amides is 2. The highest BCUT2D eigenvalue weighted by Gasteiger charge is 2.34. The van der Waals surface area contributed by atoms with Crippen molar-refractivity contribution in [3.05, 3.63) is 130 Å². The lowest BCUT2D eigenvalue weighted by molar-refractivity contribution is -0.139. The van der Waals surface area contributed by atoms with E-state index in [-0.39, 0.29) is 29.5 Å². The lowest BCUT2D eigenvalue weighted by Gasteiger charge is -2.34. The Kier molecular flexibility index (Phi) is 10.0. The van der Waals surface area contributed by atoms with Gasteiger partial charge in [0.05, 0.1) is 10.6 Å². The molecule has 9 heteroatoms. The first-order valence-corrected chi connectivity index (χ1v) is 15.4. The van der Waals surface area contributed by atoms with Gasteiger partial charge in [0.1, 0.15) is 12.6 Å². The smallest absolute Gasteiger partial charge is 0.264 e. The number of hydrogen-bond donors (Lipinski definition) is 1. The van der Waals surface area contributed by atoms with Gasteiger partial charge in [-0.15, -0.1) is 0 Å². The van der Waals surface area contributed by atoms with Gasteiger partial charge in [0.15, 0.2) is 0 Å². The molecule has 0 aliphatic carbocycles. The zero-order valence-corrected chi connectivity index (χ0v) is 25.4. The van der Waals surface area contributed by atoms with E-state index in [9.17, 15) is 18.0 Å². The van der Waals surface area contributed by atoms with E-state index in [0.29, 0.717) is 5.02 Å². The van der Waals surface area contributed by atoms with Gasteiger partial charge < -0.3 is 10.2 Å². The maximum atomic E-state index is 14.3. The first kappa shape index (κ1) is 30.8. The zero-order chi connectivity index (χ0) is 30.3. The summed E-state index contributed by atoms with van der Waals surface area (Å²) >= 11 is 6.41. The standard InChI is InChI=1S/C33H34ClN3O4S/c1-24-12-10-11-15-27(24)22-36(31(33(39)35-3)20-26-13-6-4-7-14-26)32(38)23-37(28-19-18-25(2)30(34)21-28)42(40,41)29-16-8-5-9-17-29/h4-19,21,31H,20,22-23H2,1-3H3,(H,35,39). The van der Waals surface area contributed by atoms with Gasteiger partial charge in [-0.05, 0) is 60.4 Å². The second-order valence-electron chi connectivity index (χ2n) is 10.0. The lowest BCUT2D eigenvalue weighted by Crippen LogP contribution is -2.53. The van der Waals surface area contributed by atoms with Gasteiger partial charge >= 0.3 is 0 Å². The number of hydrogen-bond acceptors (Lipinski definition) is 4. The quantitative estimate of drug-likeness (QED) is 0.244. The van der Waals surface area contributed by atoms with Crippen molar-refractivity contribution in [3.63, 3.8) is 0 Å². The Bertz CT molecular complexity index is 1650. The Morgan fingerprint density at radius 1 is 0.833 bits per heavy atom. The second-order valence-corrected chi connectivity index (χ2v) is 12.3. The molecule has 0 saturated heterocycles. The monoisotopic (exact) mass is 603 g/mol. The number of sulfonamides is 1. The molecule has 4 aromatic carbocycles. The van der Waals surface area contributed by atoms with Crippen LogP contribution in [-0.4, -0.2) is 44.8 Å². The van der Waals surface area contributed by atoms with Crippen LogP contribution >= 0.6 is 11.6 Å². The van der Waals surface area contributed by atoms with E-state index in [1.54, 1.807) is 30.3 Å². The topological polar surface area (TPSA) is 86.8 Å². The fourth-order valence-corrected chi connectivity index (χ4v) is 6.28. The molecular formula is C33H34ClN3O4S. The van der Waals surface area contributed by atoms with E-state index >= 15 is 0 Å². The van der Waals surface area contributed by atoms with Crippen molar-refractivity contribution in [1.82, 2.24) is 10.2 Å². The summed E-state index contributed by atoms with van der Waals surface area (Å²) in [6, 6.07) is 29.0. The molecule has 1 atom stereocenters. The molecule has 0 aliphatic rings. The van der Waals surface area contributed by atoms with Gasteiger partial charge in [-0.2, -0.15) is 0 Å². The molecule has 0 spiro atoms. The van der Waals surface area contributed by atoms with Crippen LogP contribution in [0.5, 0.6) is 0 Å². The van der Waals surface area contributed by atoms with Gasteiger partial charge in [0, 0.05) is 25.0 Å². The maximum absolute atomic E-state index is 14.3. The number of carbonyl (C=O) groups is 2. The third-order valence-corrected chi connectivity index (χ3v) is 9.37. The lowest BCUT2D eigenvalue weighted by atomic mass is 10.0. The molecule has 4 aromatic rings. The summed E-state index contributed by atoms with van der Waals surface area (Å²) in [6.45, 7) is 3.33. The van der Waals surface area contributed by atoms with Gasteiger partial charge in [0.2, 0.25) is 11.8 Å². The van der Waals surface area contributed by atoms with E-state index in [1.807, 2.05) is 68.4 Å².